The van der Waals surface area contributed by atoms with Gasteiger partial charge in [-0.1, -0.05) is 53.8 Å². The van der Waals surface area contributed by atoms with Gasteiger partial charge in [0.25, 0.3) is 5.56 Å². The Morgan fingerprint density at radius 2 is 1.76 bits per heavy atom. The molecule has 2 aromatic heterocycles. The summed E-state index contributed by atoms with van der Waals surface area (Å²) in [6, 6.07) is 22.0. The second-order valence-corrected chi connectivity index (χ2v) is 12.7. The molecule has 1 atom stereocenters. The Morgan fingerprint density at radius 3 is 2.51 bits per heavy atom. The summed E-state index contributed by atoms with van der Waals surface area (Å²) < 4.78 is 25.8. The van der Waals surface area contributed by atoms with E-state index in [9.17, 15) is 19.6 Å². The van der Waals surface area contributed by atoms with Crippen LogP contribution in [0.1, 0.15) is 54.8 Å². The zero-order chi connectivity index (χ0) is 36.2. The standard InChI is InChI=1S/C39H36N4O7S/c1-6-48-32-18-25(16-17-31(32)50-22-34(44)47-5)36-35(38(46)49-7-2)23(3)41-39-43(36)37(45)33(51-39)19-29-24(4)42(30-15-11-10-14-28(29)30)21-27-13-9-8-12-26(27)20-40/h8-19,36H,6-7,21-22H2,1-5H3/b33-19+/t36-/m1/s1. The maximum absolute atomic E-state index is 14.5. The molecule has 12 heteroatoms. The topological polar surface area (TPSA) is 134 Å². The van der Waals surface area contributed by atoms with Crippen LogP contribution in [0.4, 0.5) is 0 Å². The number of esters is 2. The molecule has 51 heavy (non-hydrogen) atoms. The van der Waals surface area contributed by atoms with Crippen LogP contribution in [-0.2, 0) is 25.6 Å². The Hall–Kier alpha value is -5.93. The first-order valence-corrected chi connectivity index (χ1v) is 17.2. The van der Waals surface area contributed by atoms with Gasteiger partial charge in [-0.2, -0.15) is 5.26 Å². The van der Waals surface area contributed by atoms with Crippen LogP contribution < -0.4 is 24.4 Å². The summed E-state index contributed by atoms with van der Waals surface area (Å²) in [5.74, 6) is -0.498. The summed E-state index contributed by atoms with van der Waals surface area (Å²) in [5, 5.41) is 10.7. The number of thiazole rings is 1. The molecule has 260 valence electrons. The van der Waals surface area contributed by atoms with E-state index in [1.165, 1.54) is 23.0 Å². The van der Waals surface area contributed by atoms with Gasteiger partial charge in [0.05, 0.1) is 53.8 Å². The number of carbonyl (C=O) groups is 2. The number of carbonyl (C=O) groups excluding carboxylic acids is 2. The highest BCUT2D eigenvalue weighted by molar-refractivity contribution is 7.07. The number of ether oxygens (including phenoxy) is 4. The lowest BCUT2D eigenvalue weighted by Crippen LogP contribution is -2.40. The molecule has 0 bridgehead atoms. The highest BCUT2D eigenvalue weighted by Gasteiger charge is 2.34. The van der Waals surface area contributed by atoms with Crippen LogP contribution >= 0.6 is 11.3 Å². The molecule has 0 saturated heterocycles. The fourth-order valence-electron chi connectivity index (χ4n) is 6.30. The summed E-state index contributed by atoms with van der Waals surface area (Å²) in [4.78, 5) is 44.9. The number of nitriles is 1. The molecule has 11 nitrogen and oxygen atoms in total. The second-order valence-electron chi connectivity index (χ2n) is 11.7. The van der Waals surface area contributed by atoms with Gasteiger partial charge in [0.2, 0.25) is 0 Å². The zero-order valence-corrected chi connectivity index (χ0v) is 29.7. The maximum atomic E-state index is 14.5. The Bertz CT molecular complexity index is 2430. The number of para-hydroxylation sites is 1. The van der Waals surface area contributed by atoms with Gasteiger partial charge in [-0.05, 0) is 69.2 Å². The highest BCUT2D eigenvalue weighted by Crippen LogP contribution is 2.36. The molecular weight excluding hydrogens is 669 g/mol. The number of aromatic nitrogens is 2. The summed E-state index contributed by atoms with van der Waals surface area (Å²) in [5.41, 5.74) is 5.17. The first-order chi connectivity index (χ1) is 24.7. The summed E-state index contributed by atoms with van der Waals surface area (Å²) in [6.45, 7) is 7.86. The van der Waals surface area contributed by atoms with Crippen LogP contribution in [0.5, 0.6) is 11.5 Å². The lowest BCUT2D eigenvalue weighted by molar-refractivity contribution is -0.143. The van der Waals surface area contributed by atoms with E-state index in [0.29, 0.717) is 50.8 Å². The van der Waals surface area contributed by atoms with Crippen molar-refractivity contribution < 1.29 is 28.5 Å². The number of methoxy groups -OCH3 is 1. The molecule has 1 aliphatic rings. The lowest BCUT2D eigenvalue weighted by Gasteiger charge is -2.25. The Kier molecular flexibility index (Phi) is 10.2. The lowest BCUT2D eigenvalue weighted by atomic mass is 9.95. The van der Waals surface area contributed by atoms with Crippen molar-refractivity contribution in [1.82, 2.24) is 9.13 Å². The summed E-state index contributed by atoms with van der Waals surface area (Å²) >= 11 is 1.24. The number of hydrogen-bond donors (Lipinski definition) is 0. The molecule has 0 radical (unpaired) electrons. The zero-order valence-electron chi connectivity index (χ0n) is 28.9. The van der Waals surface area contributed by atoms with E-state index >= 15 is 0 Å². The van der Waals surface area contributed by atoms with E-state index in [1.807, 2.05) is 62.4 Å². The van der Waals surface area contributed by atoms with Crippen LogP contribution in [0.2, 0.25) is 0 Å². The van der Waals surface area contributed by atoms with Crippen LogP contribution in [0.25, 0.3) is 17.0 Å². The monoisotopic (exact) mass is 704 g/mol. The van der Waals surface area contributed by atoms with Crippen LogP contribution in [0.15, 0.2) is 87.8 Å². The largest absolute Gasteiger partial charge is 0.490 e. The fourth-order valence-corrected chi connectivity index (χ4v) is 7.33. The normalized spacial score (nSPS) is 14.1. The molecule has 5 aromatic rings. The SMILES string of the molecule is CCOC(=O)C1=C(C)N=c2s/c(=C/c3c(C)n(Cc4ccccc4C#N)c4ccccc34)c(=O)n2[C@@H]1c1ccc(OCC(=O)OC)c(OCC)c1. The number of hydrogen-bond acceptors (Lipinski definition) is 10. The number of allylic oxidation sites excluding steroid dienone is 1. The van der Waals surface area contributed by atoms with Crippen molar-refractivity contribution in [3.63, 3.8) is 0 Å². The average molecular weight is 705 g/mol. The first kappa shape index (κ1) is 34.9. The third kappa shape index (κ3) is 6.68. The van der Waals surface area contributed by atoms with Gasteiger partial charge in [0, 0.05) is 28.7 Å². The van der Waals surface area contributed by atoms with E-state index in [1.54, 1.807) is 38.1 Å². The molecule has 0 aliphatic carbocycles. The number of rotatable bonds is 11. The van der Waals surface area contributed by atoms with Gasteiger partial charge >= 0.3 is 11.9 Å². The molecule has 0 amide bonds. The quantitative estimate of drug-likeness (QED) is 0.177. The molecule has 0 saturated carbocycles. The predicted octanol–water partition coefficient (Wildman–Crippen LogP) is 4.93. The van der Waals surface area contributed by atoms with E-state index in [2.05, 4.69) is 10.6 Å². The molecule has 3 aromatic carbocycles. The van der Waals surface area contributed by atoms with Crippen molar-refractivity contribution in [2.75, 3.05) is 26.9 Å². The third-order valence-corrected chi connectivity index (χ3v) is 9.68. The summed E-state index contributed by atoms with van der Waals surface area (Å²) in [7, 11) is 1.27. The Balaban J connectivity index is 1.52. The minimum absolute atomic E-state index is 0.138. The molecule has 0 unspecified atom stereocenters. The number of benzene rings is 3. The van der Waals surface area contributed by atoms with E-state index in [0.717, 1.165) is 27.7 Å². The minimum atomic E-state index is -0.888. The number of fused-ring (bicyclic) bond motifs is 2. The van der Waals surface area contributed by atoms with Gasteiger partial charge in [0.1, 0.15) is 0 Å². The van der Waals surface area contributed by atoms with E-state index in [-0.39, 0.29) is 24.3 Å². The minimum Gasteiger partial charge on any atom is -0.490 e. The smallest absolute Gasteiger partial charge is 0.343 e. The van der Waals surface area contributed by atoms with Crippen molar-refractivity contribution >= 4 is 40.3 Å². The molecule has 3 heterocycles. The van der Waals surface area contributed by atoms with Gasteiger partial charge in [-0.15, -0.1) is 0 Å². The molecule has 6 rings (SSSR count). The average Bonchev–Trinajstić information content (AvgIpc) is 3.58. The van der Waals surface area contributed by atoms with Crippen LogP contribution in [0.3, 0.4) is 0 Å². The second kappa shape index (κ2) is 14.9. The molecular formula is C39H36N4O7S. The van der Waals surface area contributed by atoms with Gasteiger partial charge in [0.15, 0.2) is 22.9 Å². The predicted molar refractivity (Wildman–Crippen MR) is 192 cm³/mol. The van der Waals surface area contributed by atoms with Gasteiger partial charge in [-0.25, -0.2) is 14.6 Å². The van der Waals surface area contributed by atoms with Gasteiger partial charge < -0.3 is 23.5 Å². The van der Waals surface area contributed by atoms with Crippen molar-refractivity contribution in [3.8, 4) is 17.6 Å². The van der Waals surface area contributed by atoms with Crippen molar-refractivity contribution in [1.29, 1.82) is 5.26 Å². The summed E-state index contributed by atoms with van der Waals surface area (Å²) in [6.07, 6.45) is 1.88. The molecule has 0 N–H and O–H groups in total. The van der Waals surface area contributed by atoms with E-state index in [4.69, 9.17) is 23.9 Å². The third-order valence-electron chi connectivity index (χ3n) is 8.69. The molecule has 0 fully saturated rings. The van der Waals surface area contributed by atoms with Crippen molar-refractivity contribution in [3.05, 3.63) is 126 Å². The number of nitrogens with zero attached hydrogens (tertiary/aromatic N) is 4. The molecule has 1 aliphatic heterocycles. The first-order valence-electron chi connectivity index (χ1n) is 16.4. The van der Waals surface area contributed by atoms with Gasteiger partial charge in [-0.3, -0.25) is 9.36 Å². The Morgan fingerprint density at radius 1 is 1.00 bits per heavy atom. The van der Waals surface area contributed by atoms with Crippen LogP contribution in [0, 0.1) is 18.3 Å². The molecule has 0 spiro atoms. The fraction of sp³-hybridized carbons (Fsp3) is 0.256. The van der Waals surface area contributed by atoms with Crippen molar-refractivity contribution in [2.24, 2.45) is 4.99 Å². The van der Waals surface area contributed by atoms with Crippen molar-refractivity contribution in [2.45, 2.75) is 40.3 Å². The van der Waals surface area contributed by atoms with Crippen LogP contribution in [-0.4, -0.2) is 48.0 Å². The maximum Gasteiger partial charge on any atom is 0.343 e. The Labute approximate surface area is 297 Å². The highest BCUT2D eigenvalue weighted by atomic mass is 32.1. The van der Waals surface area contributed by atoms with E-state index < -0.39 is 18.0 Å².